The van der Waals surface area contributed by atoms with Gasteiger partial charge in [0.1, 0.15) is 0 Å². The van der Waals surface area contributed by atoms with Gasteiger partial charge in [0.25, 0.3) is 0 Å². The summed E-state index contributed by atoms with van der Waals surface area (Å²) in [6.45, 7) is 0.493. The summed E-state index contributed by atoms with van der Waals surface area (Å²) < 4.78 is 10.5. The van der Waals surface area contributed by atoms with E-state index in [1.807, 2.05) is 6.07 Å². The normalized spacial score (nSPS) is 21.2. The van der Waals surface area contributed by atoms with Crippen LogP contribution in [0.4, 0.5) is 5.69 Å². The molecule has 1 saturated heterocycles. The average Bonchev–Trinajstić information content (AvgIpc) is 3.24. The van der Waals surface area contributed by atoms with Crippen LogP contribution in [0.3, 0.4) is 0 Å². The number of carbonyl (C=O) groups is 2. The number of anilines is 1. The quantitative estimate of drug-likeness (QED) is 0.897. The molecular formula is C18H24N2O4. The molecule has 2 fully saturated rings. The lowest BCUT2D eigenvalue weighted by Crippen LogP contribution is -2.40. The number of hydrogen-bond acceptors (Lipinski definition) is 4. The first kappa shape index (κ1) is 16.6. The molecule has 1 aliphatic carbocycles. The molecule has 1 aromatic carbocycles. The van der Waals surface area contributed by atoms with Gasteiger partial charge in [0.05, 0.1) is 20.3 Å². The molecule has 1 N–H and O–H groups in total. The second kappa shape index (κ2) is 7.11. The van der Waals surface area contributed by atoms with E-state index in [0.29, 0.717) is 24.5 Å². The largest absolute Gasteiger partial charge is 0.493 e. The van der Waals surface area contributed by atoms with Crippen LogP contribution >= 0.6 is 0 Å². The minimum absolute atomic E-state index is 0.0129. The van der Waals surface area contributed by atoms with Gasteiger partial charge in [-0.25, -0.2) is 0 Å². The van der Waals surface area contributed by atoms with Crippen LogP contribution in [0.25, 0.3) is 0 Å². The van der Waals surface area contributed by atoms with E-state index in [1.54, 1.807) is 31.3 Å². The predicted octanol–water partition coefficient (Wildman–Crippen LogP) is 2.12. The monoisotopic (exact) mass is 332 g/mol. The summed E-state index contributed by atoms with van der Waals surface area (Å²) in [5, 5.41) is 3.04. The molecule has 130 valence electrons. The first-order valence-corrected chi connectivity index (χ1v) is 8.45. The van der Waals surface area contributed by atoms with Crippen LogP contribution in [-0.2, 0) is 9.59 Å². The topological polar surface area (TPSA) is 67.9 Å². The molecule has 2 amide bonds. The number of methoxy groups -OCH3 is 2. The van der Waals surface area contributed by atoms with E-state index in [2.05, 4.69) is 5.32 Å². The number of carbonyl (C=O) groups excluding carboxylic acids is 2. The summed E-state index contributed by atoms with van der Waals surface area (Å²) >= 11 is 0. The van der Waals surface area contributed by atoms with Gasteiger partial charge in [-0.3, -0.25) is 9.59 Å². The maximum atomic E-state index is 12.3. The minimum Gasteiger partial charge on any atom is -0.493 e. The highest BCUT2D eigenvalue weighted by atomic mass is 16.5. The van der Waals surface area contributed by atoms with Gasteiger partial charge in [-0.15, -0.1) is 0 Å². The smallest absolute Gasteiger partial charge is 0.229 e. The van der Waals surface area contributed by atoms with Gasteiger partial charge in [-0.1, -0.05) is 12.8 Å². The summed E-state index contributed by atoms with van der Waals surface area (Å²) in [6, 6.07) is 5.28. The molecule has 0 radical (unpaired) electrons. The van der Waals surface area contributed by atoms with E-state index < -0.39 is 0 Å². The van der Waals surface area contributed by atoms with E-state index in [1.165, 1.54) is 0 Å². The third-order valence-corrected chi connectivity index (χ3v) is 4.88. The van der Waals surface area contributed by atoms with E-state index in [4.69, 9.17) is 9.47 Å². The lowest BCUT2D eigenvalue weighted by atomic mass is 10.1. The molecule has 3 rings (SSSR count). The zero-order chi connectivity index (χ0) is 17.1. The number of hydrogen-bond donors (Lipinski definition) is 1. The van der Waals surface area contributed by atoms with Crippen LogP contribution in [0.1, 0.15) is 32.1 Å². The van der Waals surface area contributed by atoms with Crippen molar-refractivity contribution >= 4 is 17.5 Å². The fourth-order valence-corrected chi connectivity index (χ4v) is 3.55. The minimum atomic E-state index is -0.126. The molecule has 1 saturated carbocycles. The zero-order valence-corrected chi connectivity index (χ0v) is 14.2. The molecule has 1 aromatic rings. The highest BCUT2D eigenvalue weighted by molar-refractivity contribution is 5.97. The van der Waals surface area contributed by atoms with E-state index >= 15 is 0 Å². The Hall–Kier alpha value is -2.24. The molecule has 2 aliphatic rings. The highest BCUT2D eigenvalue weighted by Crippen LogP contribution is 2.33. The Labute approximate surface area is 142 Å². The highest BCUT2D eigenvalue weighted by Gasteiger charge is 2.33. The third-order valence-electron chi connectivity index (χ3n) is 4.88. The van der Waals surface area contributed by atoms with Crippen molar-refractivity contribution in [3.63, 3.8) is 0 Å². The molecule has 1 atom stereocenters. The second-order valence-corrected chi connectivity index (χ2v) is 6.43. The van der Waals surface area contributed by atoms with Crippen molar-refractivity contribution in [3.8, 4) is 11.5 Å². The molecule has 24 heavy (non-hydrogen) atoms. The van der Waals surface area contributed by atoms with Gasteiger partial charge >= 0.3 is 0 Å². The lowest BCUT2D eigenvalue weighted by molar-refractivity contribution is -0.125. The molecule has 0 bridgehead atoms. The third kappa shape index (κ3) is 3.32. The second-order valence-electron chi connectivity index (χ2n) is 6.43. The number of amides is 2. The Morgan fingerprint density at radius 2 is 1.88 bits per heavy atom. The number of ether oxygens (including phenoxy) is 2. The zero-order valence-electron chi connectivity index (χ0n) is 14.2. The Morgan fingerprint density at radius 3 is 2.54 bits per heavy atom. The number of nitrogens with one attached hydrogen (secondary N) is 1. The van der Waals surface area contributed by atoms with Crippen LogP contribution < -0.4 is 19.7 Å². The molecule has 0 spiro atoms. The maximum absolute atomic E-state index is 12.3. The van der Waals surface area contributed by atoms with Gasteiger partial charge in [0.2, 0.25) is 11.8 Å². The fourth-order valence-electron chi connectivity index (χ4n) is 3.55. The molecule has 1 aliphatic heterocycles. The van der Waals surface area contributed by atoms with Crippen molar-refractivity contribution in [2.75, 3.05) is 25.7 Å². The van der Waals surface area contributed by atoms with Gasteiger partial charge in [0, 0.05) is 30.6 Å². The van der Waals surface area contributed by atoms with Crippen molar-refractivity contribution < 1.29 is 19.1 Å². The molecule has 1 heterocycles. The van der Waals surface area contributed by atoms with Crippen molar-refractivity contribution in [1.82, 2.24) is 5.32 Å². The number of benzene rings is 1. The molecular weight excluding hydrogens is 308 g/mol. The fraction of sp³-hybridized carbons (Fsp3) is 0.556. The van der Waals surface area contributed by atoms with Crippen LogP contribution in [0.2, 0.25) is 0 Å². The standard InChI is InChI=1S/C18H24N2O4/c1-23-15-8-7-14(10-16(15)24-2)20-11-13(9-17(20)21)19-18(22)12-5-3-4-6-12/h7-8,10,12-13H,3-6,9,11H2,1-2H3,(H,19,22). The average molecular weight is 332 g/mol. The SMILES string of the molecule is COc1ccc(N2CC(NC(=O)C3CCCC3)CC2=O)cc1OC. The first-order valence-electron chi connectivity index (χ1n) is 8.45. The number of rotatable bonds is 5. The van der Waals surface area contributed by atoms with Crippen molar-refractivity contribution in [2.45, 2.75) is 38.1 Å². The summed E-state index contributed by atoms with van der Waals surface area (Å²) in [7, 11) is 3.14. The molecule has 0 aromatic heterocycles. The Bertz CT molecular complexity index is 625. The predicted molar refractivity (Wildman–Crippen MR) is 90.4 cm³/mol. The summed E-state index contributed by atoms with van der Waals surface area (Å²) in [4.78, 5) is 26.3. The molecule has 6 nitrogen and oxygen atoms in total. The van der Waals surface area contributed by atoms with Crippen LogP contribution in [-0.4, -0.2) is 38.6 Å². The van der Waals surface area contributed by atoms with Gasteiger partial charge in [-0.2, -0.15) is 0 Å². The van der Waals surface area contributed by atoms with Crippen molar-refractivity contribution in [2.24, 2.45) is 5.92 Å². The Morgan fingerprint density at radius 1 is 1.17 bits per heavy atom. The maximum Gasteiger partial charge on any atom is 0.229 e. The van der Waals surface area contributed by atoms with E-state index in [9.17, 15) is 9.59 Å². The van der Waals surface area contributed by atoms with Crippen molar-refractivity contribution in [1.29, 1.82) is 0 Å². The number of nitrogens with zero attached hydrogens (tertiary/aromatic N) is 1. The van der Waals surface area contributed by atoms with Crippen LogP contribution in [0, 0.1) is 5.92 Å². The van der Waals surface area contributed by atoms with E-state index in [-0.39, 0.29) is 23.8 Å². The van der Waals surface area contributed by atoms with Crippen LogP contribution in [0.5, 0.6) is 11.5 Å². The lowest BCUT2D eigenvalue weighted by Gasteiger charge is -2.19. The molecule has 1 unspecified atom stereocenters. The first-order chi connectivity index (χ1) is 11.6. The van der Waals surface area contributed by atoms with Gasteiger partial charge in [0.15, 0.2) is 11.5 Å². The summed E-state index contributed by atoms with van der Waals surface area (Å²) in [5.41, 5.74) is 0.760. The molecule has 6 heteroatoms. The van der Waals surface area contributed by atoms with Gasteiger partial charge < -0.3 is 19.7 Å². The van der Waals surface area contributed by atoms with Crippen LogP contribution in [0.15, 0.2) is 18.2 Å². The Balaban J connectivity index is 1.67. The summed E-state index contributed by atoms with van der Waals surface area (Å²) in [6.07, 6.45) is 4.52. The van der Waals surface area contributed by atoms with E-state index in [0.717, 1.165) is 31.4 Å². The van der Waals surface area contributed by atoms with Gasteiger partial charge in [-0.05, 0) is 25.0 Å². The Kier molecular flexibility index (Phi) is 4.92. The van der Waals surface area contributed by atoms with Crippen molar-refractivity contribution in [3.05, 3.63) is 18.2 Å². The summed E-state index contributed by atoms with van der Waals surface area (Å²) in [5.74, 6) is 1.44.